The Morgan fingerprint density at radius 1 is 1.24 bits per heavy atom. The number of nitrogens with zero attached hydrogens (tertiary/aromatic N) is 3. The monoisotopic (exact) mass is 397 g/mol. The lowest BCUT2D eigenvalue weighted by Crippen LogP contribution is -2.30. The minimum Gasteiger partial charge on any atom is -0.388 e. The van der Waals surface area contributed by atoms with E-state index in [2.05, 4.69) is 15.3 Å². The number of rotatable bonds is 6. The zero-order valence-corrected chi connectivity index (χ0v) is 15.9. The number of aliphatic hydroxyl groups is 2. The standard InChI is InChI=1S/C20H23N5O4/c1-11-16(27)17(28)20(29-11)25-9-13(12-5-3-2-4-6-12)15-18(22-8-7-14(21)26)23-10-24-19(15)25/h2-6,9-11,16-17,20,27-28H,7-8H2,1H3,(H2,21,26)(H,22,23,24)/t11-,16-,17-,20-/m1/s1. The highest BCUT2D eigenvalue weighted by molar-refractivity contribution is 6.01. The van der Waals surface area contributed by atoms with Crippen LogP contribution in [0.2, 0.25) is 0 Å². The van der Waals surface area contributed by atoms with Crippen molar-refractivity contribution in [2.75, 3.05) is 11.9 Å². The normalized spacial score (nSPS) is 24.1. The second-order valence-electron chi connectivity index (χ2n) is 7.09. The topological polar surface area (TPSA) is 136 Å². The maximum atomic E-state index is 11.1. The largest absolute Gasteiger partial charge is 0.388 e. The van der Waals surface area contributed by atoms with E-state index in [4.69, 9.17) is 10.5 Å². The summed E-state index contributed by atoms with van der Waals surface area (Å²) < 4.78 is 7.52. The number of fused-ring (bicyclic) bond motifs is 1. The Kier molecular flexibility index (Phi) is 5.18. The Morgan fingerprint density at radius 3 is 2.66 bits per heavy atom. The van der Waals surface area contributed by atoms with E-state index in [1.165, 1.54) is 6.33 Å². The molecule has 4 rings (SSSR count). The van der Waals surface area contributed by atoms with Gasteiger partial charge < -0.3 is 30.6 Å². The molecule has 2 aromatic heterocycles. The van der Waals surface area contributed by atoms with Gasteiger partial charge in [0.2, 0.25) is 5.91 Å². The van der Waals surface area contributed by atoms with E-state index in [0.29, 0.717) is 18.0 Å². The lowest BCUT2D eigenvalue weighted by molar-refractivity contribution is -0.117. The number of carbonyl (C=O) groups excluding carboxylic acids is 1. The maximum Gasteiger partial charge on any atom is 0.219 e. The van der Waals surface area contributed by atoms with Crippen LogP contribution in [-0.2, 0) is 9.53 Å². The number of hydrogen-bond acceptors (Lipinski definition) is 7. The summed E-state index contributed by atoms with van der Waals surface area (Å²) >= 11 is 0. The van der Waals surface area contributed by atoms with Crippen LogP contribution >= 0.6 is 0 Å². The van der Waals surface area contributed by atoms with Crippen molar-refractivity contribution in [3.8, 4) is 11.1 Å². The van der Waals surface area contributed by atoms with E-state index in [1.807, 2.05) is 36.5 Å². The van der Waals surface area contributed by atoms with Gasteiger partial charge in [-0.05, 0) is 12.5 Å². The molecule has 1 aromatic carbocycles. The summed E-state index contributed by atoms with van der Waals surface area (Å²) in [6, 6.07) is 9.70. The van der Waals surface area contributed by atoms with Crippen LogP contribution in [0.4, 0.5) is 5.82 Å². The highest BCUT2D eigenvalue weighted by Crippen LogP contribution is 2.38. The minimum atomic E-state index is -1.09. The fourth-order valence-electron chi connectivity index (χ4n) is 3.61. The minimum absolute atomic E-state index is 0.168. The molecule has 0 radical (unpaired) electrons. The molecule has 29 heavy (non-hydrogen) atoms. The molecule has 1 aliphatic heterocycles. The number of hydrogen-bond donors (Lipinski definition) is 4. The van der Waals surface area contributed by atoms with E-state index in [1.54, 1.807) is 11.5 Å². The second-order valence-corrected chi connectivity index (χ2v) is 7.09. The second kappa shape index (κ2) is 7.78. The Hall–Kier alpha value is -3.01. The molecule has 1 fully saturated rings. The first-order valence-corrected chi connectivity index (χ1v) is 9.42. The summed E-state index contributed by atoms with van der Waals surface area (Å²) in [5.41, 5.74) is 7.56. The van der Waals surface area contributed by atoms with Crippen molar-refractivity contribution in [1.29, 1.82) is 0 Å². The summed E-state index contributed by atoms with van der Waals surface area (Å²) in [7, 11) is 0. The Labute approximate surface area is 167 Å². The fourth-order valence-corrected chi connectivity index (χ4v) is 3.61. The van der Waals surface area contributed by atoms with E-state index < -0.39 is 30.4 Å². The molecule has 0 spiro atoms. The predicted molar refractivity (Wildman–Crippen MR) is 107 cm³/mol. The van der Waals surface area contributed by atoms with Crippen LogP contribution in [0.5, 0.6) is 0 Å². The van der Waals surface area contributed by atoms with Gasteiger partial charge in [-0.2, -0.15) is 0 Å². The van der Waals surface area contributed by atoms with E-state index in [0.717, 1.165) is 16.5 Å². The molecule has 9 heteroatoms. The third kappa shape index (κ3) is 3.55. The van der Waals surface area contributed by atoms with Gasteiger partial charge in [-0.15, -0.1) is 0 Å². The van der Waals surface area contributed by atoms with Crippen molar-refractivity contribution in [3.05, 3.63) is 42.9 Å². The Balaban J connectivity index is 1.85. The number of ether oxygens (including phenoxy) is 1. The number of nitrogens with one attached hydrogen (secondary N) is 1. The Morgan fingerprint density at radius 2 is 2.00 bits per heavy atom. The molecule has 0 bridgehead atoms. The SMILES string of the molecule is C[C@H]1O[C@@H](n2cc(-c3ccccc3)c3c(NCCC(N)=O)ncnc32)[C@H](O)[C@@H]1O. The van der Waals surface area contributed by atoms with Gasteiger partial charge in [0, 0.05) is 24.7 Å². The van der Waals surface area contributed by atoms with Crippen LogP contribution in [0.15, 0.2) is 42.9 Å². The first kappa shape index (κ1) is 19.3. The van der Waals surface area contributed by atoms with Gasteiger partial charge in [-0.1, -0.05) is 30.3 Å². The molecule has 1 aliphatic rings. The quantitative estimate of drug-likeness (QED) is 0.488. The van der Waals surface area contributed by atoms with Gasteiger partial charge in [-0.3, -0.25) is 4.79 Å². The van der Waals surface area contributed by atoms with Crippen LogP contribution in [-0.4, -0.2) is 55.5 Å². The lowest BCUT2D eigenvalue weighted by Gasteiger charge is -2.17. The smallest absolute Gasteiger partial charge is 0.219 e. The number of amides is 1. The zero-order valence-electron chi connectivity index (χ0n) is 15.9. The van der Waals surface area contributed by atoms with Crippen LogP contribution in [0.1, 0.15) is 19.6 Å². The molecule has 1 amide bonds. The van der Waals surface area contributed by atoms with Crippen molar-refractivity contribution >= 4 is 22.8 Å². The molecule has 152 valence electrons. The summed E-state index contributed by atoms with van der Waals surface area (Å²) in [5.74, 6) is 0.143. The fraction of sp³-hybridized carbons (Fsp3) is 0.350. The van der Waals surface area contributed by atoms with Crippen molar-refractivity contribution in [1.82, 2.24) is 14.5 Å². The third-order valence-corrected chi connectivity index (χ3v) is 5.11. The maximum absolute atomic E-state index is 11.1. The summed E-state index contributed by atoms with van der Waals surface area (Å²) in [6.07, 6.45) is 0.0312. The number of primary amides is 1. The number of anilines is 1. The van der Waals surface area contributed by atoms with Gasteiger partial charge in [0.1, 0.15) is 30.0 Å². The van der Waals surface area contributed by atoms with Crippen molar-refractivity contribution < 1.29 is 19.7 Å². The lowest BCUT2D eigenvalue weighted by atomic mass is 10.1. The van der Waals surface area contributed by atoms with E-state index in [-0.39, 0.29) is 6.42 Å². The van der Waals surface area contributed by atoms with Gasteiger partial charge in [-0.25, -0.2) is 9.97 Å². The van der Waals surface area contributed by atoms with Crippen molar-refractivity contribution in [2.24, 2.45) is 5.73 Å². The van der Waals surface area contributed by atoms with Crippen molar-refractivity contribution in [2.45, 2.75) is 37.9 Å². The van der Waals surface area contributed by atoms with Gasteiger partial charge in [0.15, 0.2) is 6.23 Å². The zero-order chi connectivity index (χ0) is 20.5. The molecule has 0 saturated carbocycles. The van der Waals surface area contributed by atoms with Crippen LogP contribution in [0.3, 0.4) is 0 Å². The molecular weight excluding hydrogens is 374 g/mol. The average molecular weight is 397 g/mol. The predicted octanol–water partition coefficient (Wildman–Crippen LogP) is 1.02. The number of carbonyl (C=O) groups is 1. The molecule has 0 unspecified atom stereocenters. The van der Waals surface area contributed by atoms with Crippen LogP contribution in [0, 0.1) is 0 Å². The summed E-state index contributed by atoms with van der Waals surface area (Å²) in [4.78, 5) is 19.8. The average Bonchev–Trinajstić information content (AvgIpc) is 3.22. The first-order chi connectivity index (χ1) is 14.0. The highest BCUT2D eigenvalue weighted by atomic mass is 16.6. The molecule has 4 atom stereocenters. The summed E-state index contributed by atoms with van der Waals surface area (Å²) in [5, 5.41) is 24.5. The molecule has 9 nitrogen and oxygen atoms in total. The molecular formula is C20H23N5O4. The molecule has 3 heterocycles. The molecule has 1 saturated heterocycles. The van der Waals surface area contributed by atoms with Crippen LogP contribution in [0.25, 0.3) is 22.2 Å². The number of aliphatic hydroxyl groups excluding tert-OH is 2. The van der Waals surface area contributed by atoms with Gasteiger partial charge in [0.25, 0.3) is 0 Å². The van der Waals surface area contributed by atoms with E-state index in [9.17, 15) is 15.0 Å². The third-order valence-electron chi connectivity index (χ3n) is 5.11. The summed E-state index contributed by atoms with van der Waals surface area (Å²) in [6.45, 7) is 2.04. The van der Waals surface area contributed by atoms with Gasteiger partial charge in [0.05, 0.1) is 11.5 Å². The molecule has 3 aromatic rings. The molecule has 0 aliphatic carbocycles. The molecule has 5 N–H and O–H groups in total. The Bertz CT molecular complexity index is 1020. The first-order valence-electron chi connectivity index (χ1n) is 9.42. The van der Waals surface area contributed by atoms with Crippen LogP contribution < -0.4 is 11.1 Å². The van der Waals surface area contributed by atoms with E-state index >= 15 is 0 Å². The van der Waals surface area contributed by atoms with Crippen molar-refractivity contribution in [3.63, 3.8) is 0 Å². The number of aromatic nitrogens is 3. The number of benzene rings is 1. The van der Waals surface area contributed by atoms with Gasteiger partial charge >= 0.3 is 0 Å². The highest BCUT2D eigenvalue weighted by Gasteiger charge is 2.42. The number of nitrogens with two attached hydrogens (primary N) is 1.